The highest BCUT2D eigenvalue weighted by Crippen LogP contribution is 2.43. The Hall–Kier alpha value is -0.470. The van der Waals surface area contributed by atoms with Gasteiger partial charge in [0.2, 0.25) is 0 Å². The van der Waals surface area contributed by atoms with Crippen LogP contribution in [0.5, 0.6) is 0 Å². The molecule has 1 aliphatic carbocycles. The second kappa shape index (κ2) is 4.66. The second-order valence-corrected chi connectivity index (χ2v) is 6.06. The van der Waals surface area contributed by atoms with Crippen molar-refractivity contribution < 1.29 is 0 Å². The van der Waals surface area contributed by atoms with Crippen LogP contribution in [-0.4, -0.2) is 23.7 Å². The van der Waals surface area contributed by atoms with Crippen molar-refractivity contribution in [1.82, 2.24) is 4.90 Å². The van der Waals surface area contributed by atoms with Gasteiger partial charge in [0, 0.05) is 19.6 Å². The molecule has 0 aromatic heterocycles. The third-order valence-electron chi connectivity index (χ3n) is 4.52. The Morgan fingerprint density at radius 2 is 1.94 bits per heavy atom. The van der Waals surface area contributed by atoms with Gasteiger partial charge in [0.05, 0.1) is 0 Å². The van der Waals surface area contributed by atoms with Crippen LogP contribution in [0.4, 0.5) is 0 Å². The maximum Gasteiger partial charge on any atom is 0.0236 e. The normalized spacial score (nSPS) is 22.9. The van der Waals surface area contributed by atoms with Crippen molar-refractivity contribution in [2.75, 3.05) is 18.8 Å². The summed E-state index contributed by atoms with van der Waals surface area (Å²) in [6, 6.07) is 8.90. The highest BCUT2D eigenvalue weighted by molar-refractivity contribution is 7.80. The smallest absolute Gasteiger partial charge is 0.0236 e. The molecule has 1 aliphatic heterocycles. The lowest BCUT2D eigenvalue weighted by Gasteiger charge is -2.45. The van der Waals surface area contributed by atoms with Gasteiger partial charge in [0.25, 0.3) is 0 Å². The summed E-state index contributed by atoms with van der Waals surface area (Å²) in [5, 5.41) is 0. The van der Waals surface area contributed by atoms with E-state index < -0.39 is 0 Å². The van der Waals surface area contributed by atoms with Gasteiger partial charge in [-0.3, -0.25) is 4.90 Å². The summed E-state index contributed by atoms with van der Waals surface area (Å²) < 4.78 is 0. The number of rotatable bonds is 3. The van der Waals surface area contributed by atoms with Crippen molar-refractivity contribution in [2.45, 2.75) is 32.2 Å². The third-order valence-corrected chi connectivity index (χ3v) is 5.19. The van der Waals surface area contributed by atoms with E-state index in [-0.39, 0.29) is 0 Å². The fourth-order valence-electron chi connectivity index (χ4n) is 3.21. The molecular formula is C15H21NS. The summed E-state index contributed by atoms with van der Waals surface area (Å²) in [4.78, 5) is 2.64. The van der Waals surface area contributed by atoms with Gasteiger partial charge in [-0.15, -0.1) is 0 Å². The predicted octanol–water partition coefficient (Wildman–Crippen LogP) is 3.14. The molecule has 0 radical (unpaired) electrons. The summed E-state index contributed by atoms with van der Waals surface area (Å²) >= 11 is 4.56. The molecule has 0 spiro atoms. The minimum absolute atomic E-state index is 0.537. The molecule has 1 aromatic carbocycles. The van der Waals surface area contributed by atoms with Crippen molar-refractivity contribution in [3.8, 4) is 0 Å². The predicted molar refractivity (Wildman–Crippen MR) is 75.6 cm³/mol. The summed E-state index contributed by atoms with van der Waals surface area (Å²) in [6.07, 6.45) is 5.40. The fraction of sp³-hybridized carbons (Fsp3) is 0.600. The van der Waals surface area contributed by atoms with Gasteiger partial charge in [0.1, 0.15) is 0 Å². The van der Waals surface area contributed by atoms with Crippen molar-refractivity contribution in [1.29, 1.82) is 0 Å². The maximum absolute atomic E-state index is 4.56. The quantitative estimate of drug-likeness (QED) is 0.803. The molecule has 0 bridgehead atoms. The number of benzene rings is 1. The van der Waals surface area contributed by atoms with E-state index in [0.29, 0.717) is 5.41 Å². The van der Waals surface area contributed by atoms with Crippen molar-refractivity contribution in [2.24, 2.45) is 5.41 Å². The van der Waals surface area contributed by atoms with Crippen LogP contribution in [0.25, 0.3) is 0 Å². The van der Waals surface area contributed by atoms with Crippen LogP contribution in [0.1, 0.15) is 30.4 Å². The first-order chi connectivity index (χ1) is 8.31. The molecule has 3 rings (SSSR count). The van der Waals surface area contributed by atoms with Crippen LogP contribution >= 0.6 is 12.6 Å². The van der Waals surface area contributed by atoms with Crippen LogP contribution in [0.15, 0.2) is 24.3 Å². The Balaban J connectivity index is 1.68. The first kappa shape index (κ1) is 11.6. The van der Waals surface area contributed by atoms with E-state index in [1.807, 2.05) is 0 Å². The number of thiol groups is 1. The molecule has 17 heavy (non-hydrogen) atoms. The average Bonchev–Trinajstić information content (AvgIpc) is 2.34. The number of hydrogen-bond donors (Lipinski definition) is 1. The van der Waals surface area contributed by atoms with Crippen LogP contribution in [0, 0.1) is 5.41 Å². The van der Waals surface area contributed by atoms with Gasteiger partial charge >= 0.3 is 0 Å². The molecule has 0 unspecified atom stereocenters. The van der Waals surface area contributed by atoms with E-state index >= 15 is 0 Å². The zero-order valence-electron chi connectivity index (χ0n) is 10.4. The topological polar surface area (TPSA) is 3.24 Å². The maximum atomic E-state index is 4.56. The Kier molecular flexibility index (Phi) is 3.18. The van der Waals surface area contributed by atoms with Gasteiger partial charge in [0.15, 0.2) is 0 Å². The molecule has 1 heterocycles. The lowest BCUT2D eigenvalue weighted by atomic mass is 9.69. The Morgan fingerprint density at radius 3 is 2.59 bits per heavy atom. The van der Waals surface area contributed by atoms with E-state index in [2.05, 4.69) is 41.8 Å². The number of hydrogen-bond acceptors (Lipinski definition) is 2. The Bertz CT molecular complexity index is 392. The van der Waals surface area contributed by atoms with E-state index in [9.17, 15) is 0 Å². The zero-order chi connectivity index (χ0) is 11.7. The average molecular weight is 247 g/mol. The van der Waals surface area contributed by atoms with E-state index in [4.69, 9.17) is 0 Å². The summed E-state index contributed by atoms with van der Waals surface area (Å²) in [5.74, 6) is 1.06. The molecule has 0 atom stereocenters. The van der Waals surface area contributed by atoms with E-state index in [1.54, 1.807) is 5.56 Å². The zero-order valence-corrected chi connectivity index (χ0v) is 11.3. The second-order valence-electron chi connectivity index (χ2n) is 5.74. The number of fused-ring (bicyclic) bond motifs is 1. The van der Waals surface area contributed by atoms with Gasteiger partial charge in [-0.25, -0.2) is 0 Å². The highest BCUT2D eigenvalue weighted by Gasteiger charge is 2.37. The molecule has 1 nitrogen and oxygen atoms in total. The highest BCUT2D eigenvalue weighted by atomic mass is 32.1. The summed E-state index contributed by atoms with van der Waals surface area (Å²) in [6.45, 7) is 3.63. The van der Waals surface area contributed by atoms with Gasteiger partial charge < -0.3 is 0 Å². The lowest BCUT2D eigenvalue weighted by molar-refractivity contribution is 0.0829. The van der Waals surface area contributed by atoms with Crippen molar-refractivity contribution >= 4 is 12.6 Å². The summed E-state index contributed by atoms with van der Waals surface area (Å²) in [5.41, 5.74) is 3.62. The molecule has 2 heteroatoms. The molecule has 0 amide bonds. The monoisotopic (exact) mass is 247 g/mol. The molecule has 92 valence electrons. The molecule has 2 aliphatic rings. The van der Waals surface area contributed by atoms with Gasteiger partial charge in [-0.05, 0) is 41.6 Å². The molecule has 0 saturated heterocycles. The van der Waals surface area contributed by atoms with E-state index in [0.717, 1.165) is 12.3 Å². The van der Waals surface area contributed by atoms with Crippen LogP contribution < -0.4 is 0 Å². The first-order valence-corrected chi connectivity index (χ1v) is 7.35. The first-order valence-electron chi connectivity index (χ1n) is 6.71. The Morgan fingerprint density at radius 1 is 1.18 bits per heavy atom. The largest absolute Gasteiger partial charge is 0.298 e. The minimum Gasteiger partial charge on any atom is -0.298 e. The van der Waals surface area contributed by atoms with Crippen LogP contribution in [-0.2, 0) is 13.0 Å². The molecule has 1 aromatic rings. The fourth-order valence-corrected chi connectivity index (χ4v) is 3.62. The lowest BCUT2D eigenvalue weighted by Crippen LogP contribution is -2.45. The van der Waals surface area contributed by atoms with Crippen LogP contribution in [0.2, 0.25) is 0 Å². The van der Waals surface area contributed by atoms with Crippen LogP contribution in [0.3, 0.4) is 0 Å². The Labute approximate surface area is 110 Å². The minimum atomic E-state index is 0.537. The molecule has 0 N–H and O–H groups in total. The standard InChI is InChI=1S/C15H21NS/c17-12-15(7-3-8-15)11-16-9-6-13-4-1-2-5-14(13)10-16/h1-2,4-5,17H,3,6-12H2. The van der Waals surface area contributed by atoms with E-state index in [1.165, 1.54) is 44.3 Å². The number of nitrogens with zero attached hydrogens (tertiary/aromatic N) is 1. The van der Waals surface area contributed by atoms with Crippen molar-refractivity contribution in [3.05, 3.63) is 35.4 Å². The SMILES string of the molecule is SCC1(CN2CCc3ccccc3C2)CCC1. The van der Waals surface area contributed by atoms with Gasteiger partial charge in [-0.2, -0.15) is 12.6 Å². The molecular weight excluding hydrogens is 226 g/mol. The third kappa shape index (κ3) is 2.25. The van der Waals surface area contributed by atoms with Crippen molar-refractivity contribution in [3.63, 3.8) is 0 Å². The summed E-state index contributed by atoms with van der Waals surface area (Å²) in [7, 11) is 0. The molecule has 1 saturated carbocycles. The molecule has 1 fully saturated rings. The van der Waals surface area contributed by atoms with Gasteiger partial charge in [-0.1, -0.05) is 30.7 Å².